The maximum atomic E-state index is 11.0. The summed E-state index contributed by atoms with van der Waals surface area (Å²) in [6, 6.07) is -0.786. The Hall–Kier alpha value is -1.70. The van der Waals surface area contributed by atoms with Crippen molar-refractivity contribution in [2.45, 2.75) is 26.3 Å². The third kappa shape index (κ3) is 3.38. The number of hydrogen-bond donors (Lipinski definition) is 2. The molecule has 2 atom stereocenters. The molecule has 0 aromatic carbocycles. The van der Waals surface area contributed by atoms with E-state index in [2.05, 4.69) is 10.3 Å². The molecular formula is C9H13N3O4S. The zero-order valence-corrected chi connectivity index (χ0v) is 10.2. The number of carboxylic acids is 1. The number of anilines is 1. The van der Waals surface area contributed by atoms with Gasteiger partial charge >= 0.3 is 11.0 Å². The summed E-state index contributed by atoms with van der Waals surface area (Å²) in [5, 5.41) is 22.3. The van der Waals surface area contributed by atoms with Crippen molar-refractivity contribution in [1.82, 2.24) is 4.98 Å². The van der Waals surface area contributed by atoms with E-state index < -0.39 is 16.9 Å². The Kier molecular flexibility index (Phi) is 4.38. The maximum Gasteiger partial charge on any atom is 0.345 e. The molecule has 0 bridgehead atoms. The van der Waals surface area contributed by atoms with Crippen molar-refractivity contribution in [2.24, 2.45) is 5.92 Å². The molecule has 2 N–H and O–H groups in total. The van der Waals surface area contributed by atoms with E-state index in [4.69, 9.17) is 5.11 Å². The van der Waals surface area contributed by atoms with E-state index >= 15 is 0 Å². The van der Waals surface area contributed by atoms with Gasteiger partial charge in [0.2, 0.25) is 0 Å². The second kappa shape index (κ2) is 5.58. The second-order valence-corrected chi connectivity index (χ2v) is 4.62. The molecule has 8 heteroatoms. The largest absolute Gasteiger partial charge is 0.480 e. The number of aromatic nitrogens is 1. The summed E-state index contributed by atoms with van der Waals surface area (Å²) >= 11 is 0.830. The zero-order chi connectivity index (χ0) is 13.0. The van der Waals surface area contributed by atoms with Gasteiger partial charge in [0.05, 0.1) is 4.92 Å². The molecule has 0 aliphatic carbocycles. The van der Waals surface area contributed by atoms with E-state index in [0.717, 1.165) is 17.5 Å². The number of nitro groups is 1. The van der Waals surface area contributed by atoms with Crippen LogP contribution < -0.4 is 5.32 Å². The third-order valence-corrected chi connectivity index (χ3v) is 3.31. The van der Waals surface area contributed by atoms with Crippen LogP contribution in [-0.2, 0) is 4.79 Å². The summed E-state index contributed by atoms with van der Waals surface area (Å²) in [5.74, 6) is -1.08. The first kappa shape index (κ1) is 13.4. The maximum absolute atomic E-state index is 11.0. The number of carbonyl (C=O) groups is 1. The van der Waals surface area contributed by atoms with E-state index in [9.17, 15) is 14.9 Å². The predicted molar refractivity (Wildman–Crippen MR) is 63.3 cm³/mol. The standard InChI is InChI=1S/C9H13N3O4S/c1-3-5(2)7(8(13)14)11-9-10-4-6(17-9)12(15)16/h4-5,7H,3H2,1-2H3,(H,10,11)(H,13,14)/t5-,7-/m0/s1. The highest BCUT2D eigenvalue weighted by Crippen LogP contribution is 2.26. The minimum Gasteiger partial charge on any atom is -0.480 e. The molecule has 0 fully saturated rings. The van der Waals surface area contributed by atoms with Gasteiger partial charge in [-0.25, -0.2) is 9.78 Å². The number of carboxylic acid groups (broad SMARTS) is 1. The van der Waals surface area contributed by atoms with Crippen LogP contribution >= 0.6 is 11.3 Å². The van der Waals surface area contributed by atoms with E-state index in [1.54, 1.807) is 6.92 Å². The van der Waals surface area contributed by atoms with Crippen molar-refractivity contribution >= 4 is 27.4 Å². The molecule has 1 heterocycles. The van der Waals surface area contributed by atoms with Gasteiger partial charge in [-0.3, -0.25) is 10.1 Å². The lowest BCUT2D eigenvalue weighted by atomic mass is 10.00. The highest BCUT2D eigenvalue weighted by atomic mass is 32.1. The minimum atomic E-state index is -0.989. The number of nitrogens with one attached hydrogen (secondary N) is 1. The van der Waals surface area contributed by atoms with Crippen LogP contribution in [0.15, 0.2) is 6.20 Å². The molecule has 0 saturated carbocycles. The smallest absolute Gasteiger partial charge is 0.345 e. The van der Waals surface area contributed by atoms with Crippen LogP contribution in [0.25, 0.3) is 0 Å². The van der Waals surface area contributed by atoms with Gasteiger partial charge in [-0.1, -0.05) is 20.3 Å². The lowest BCUT2D eigenvalue weighted by Crippen LogP contribution is -2.35. The molecule has 0 saturated heterocycles. The Labute approximate surface area is 102 Å². The van der Waals surface area contributed by atoms with Crippen LogP contribution in [0.3, 0.4) is 0 Å². The fourth-order valence-electron chi connectivity index (χ4n) is 1.23. The molecule has 7 nitrogen and oxygen atoms in total. The van der Waals surface area contributed by atoms with Gasteiger partial charge in [0.25, 0.3) is 0 Å². The molecule has 0 spiro atoms. The van der Waals surface area contributed by atoms with Crippen LogP contribution in [0.2, 0.25) is 0 Å². The number of rotatable bonds is 6. The summed E-state index contributed by atoms with van der Waals surface area (Å²) in [6.07, 6.45) is 1.81. The molecule has 94 valence electrons. The van der Waals surface area contributed by atoms with Crippen LogP contribution in [0.1, 0.15) is 20.3 Å². The highest BCUT2D eigenvalue weighted by Gasteiger charge is 2.25. The fourth-order valence-corrected chi connectivity index (χ4v) is 1.90. The van der Waals surface area contributed by atoms with Crippen LogP contribution in [0.4, 0.5) is 10.1 Å². The topological polar surface area (TPSA) is 105 Å². The van der Waals surface area contributed by atoms with Gasteiger partial charge < -0.3 is 10.4 Å². The Bertz CT molecular complexity index is 420. The van der Waals surface area contributed by atoms with Gasteiger partial charge in [-0.15, -0.1) is 0 Å². The van der Waals surface area contributed by atoms with Crippen molar-refractivity contribution < 1.29 is 14.8 Å². The number of thiazole rings is 1. The van der Waals surface area contributed by atoms with Crippen LogP contribution in [0.5, 0.6) is 0 Å². The quantitative estimate of drug-likeness (QED) is 0.597. The summed E-state index contributed by atoms with van der Waals surface area (Å²) in [4.78, 5) is 24.7. The average Bonchev–Trinajstić information content (AvgIpc) is 2.73. The number of hydrogen-bond acceptors (Lipinski definition) is 6. The summed E-state index contributed by atoms with van der Waals surface area (Å²) < 4.78 is 0. The van der Waals surface area contributed by atoms with Gasteiger partial charge in [0.15, 0.2) is 5.13 Å². The molecule has 0 unspecified atom stereocenters. The molecule has 0 aliphatic rings. The van der Waals surface area contributed by atoms with Crippen LogP contribution in [-0.4, -0.2) is 27.0 Å². The van der Waals surface area contributed by atoms with E-state index in [-0.39, 0.29) is 16.1 Å². The lowest BCUT2D eigenvalue weighted by Gasteiger charge is -2.19. The first-order chi connectivity index (χ1) is 7.95. The molecule has 1 aromatic heterocycles. The monoisotopic (exact) mass is 259 g/mol. The van der Waals surface area contributed by atoms with Crippen molar-refractivity contribution in [3.8, 4) is 0 Å². The average molecular weight is 259 g/mol. The van der Waals surface area contributed by atoms with Gasteiger partial charge in [-0.05, 0) is 17.3 Å². The highest BCUT2D eigenvalue weighted by molar-refractivity contribution is 7.18. The lowest BCUT2D eigenvalue weighted by molar-refractivity contribution is -0.380. The minimum absolute atomic E-state index is 0.0875. The molecule has 0 aliphatic heterocycles. The van der Waals surface area contributed by atoms with Gasteiger partial charge in [0, 0.05) is 0 Å². The summed E-state index contributed by atoms with van der Waals surface area (Å²) in [6.45, 7) is 3.68. The first-order valence-corrected chi connectivity index (χ1v) is 5.87. The molecular weight excluding hydrogens is 246 g/mol. The molecule has 0 radical (unpaired) electrons. The molecule has 1 rings (SSSR count). The third-order valence-electron chi connectivity index (χ3n) is 2.43. The molecule has 17 heavy (non-hydrogen) atoms. The Morgan fingerprint density at radius 1 is 1.76 bits per heavy atom. The van der Waals surface area contributed by atoms with Crippen molar-refractivity contribution in [3.63, 3.8) is 0 Å². The Balaban J connectivity index is 2.79. The number of nitrogens with zero attached hydrogens (tertiary/aromatic N) is 2. The predicted octanol–water partition coefficient (Wildman–Crippen LogP) is 1.96. The van der Waals surface area contributed by atoms with E-state index in [0.29, 0.717) is 6.42 Å². The van der Waals surface area contributed by atoms with Gasteiger partial charge in [0.1, 0.15) is 12.2 Å². The van der Waals surface area contributed by atoms with Crippen LogP contribution in [0, 0.1) is 16.0 Å². The Morgan fingerprint density at radius 3 is 2.82 bits per heavy atom. The van der Waals surface area contributed by atoms with Gasteiger partial charge in [-0.2, -0.15) is 0 Å². The van der Waals surface area contributed by atoms with Crippen molar-refractivity contribution in [2.75, 3.05) is 5.32 Å². The SMILES string of the molecule is CC[C@H](C)[C@H](Nc1ncc([N+](=O)[O-])s1)C(=O)O. The van der Waals surface area contributed by atoms with E-state index in [1.165, 1.54) is 0 Å². The Morgan fingerprint density at radius 2 is 2.41 bits per heavy atom. The molecule has 0 amide bonds. The molecule has 1 aromatic rings. The second-order valence-electron chi connectivity index (χ2n) is 3.61. The first-order valence-electron chi connectivity index (χ1n) is 5.05. The zero-order valence-electron chi connectivity index (χ0n) is 9.41. The van der Waals surface area contributed by atoms with Crippen molar-refractivity contribution in [3.05, 3.63) is 16.3 Å². The fraction of sp³-hybridized carbons (Fsp3) is 0.556. The number of aliphatic carboxylic acids is 1. The summed E-state index contributed by atoms with van der Waals surface area (Å²) in [5.41, 5.74) is 0. The summed E-state index contributed by atoms with van der Waals surface area (Å²) in [7, 11) is 0. The van der Waals surface area contributed by atoms with Crippen molar-refractivity contribution in [1.29, 1.82) is 0 Å². The van der Waals surface area contributed by atoms with E-state index in [1.807, 2.05) is 6.92 Å². The normalized spacial score (nSPS) is 14.0.